The molecule has 0 bridgehead atoms. The number of carbonyl (C=O) groups excluding carboxylic acids is 1. The van der Waals surface area contributed by atoms with Gasteiger partial charge in [-0.05, 0) is 37.3 Å². The van der Waals surface area contributed by atoms with Gasteiger partial charge in [0.25, 0.3) is 5.89 Å². The summed E-state index contributed by atoms with van der Waals surface area (Å²) in [5, 5.41) is 7.95. The first-order valence-corrected chi connectivity index (χ1v) is 7.70. The molecule has 1 aliphatic heterocycles. The number of fused-ring (bicyclic) bond motifs is 1. The largest absolute Gasteiger partial charge is 0.454 e. The fourth-order valence-corrected chi connectivity index (χ4v) is 2.40. The van der Waals surface area contributed by atoms with Crippen LogP contribution in [0.3, 0.4) is 0 Å². The standard InChI is InChI=1S/C18H14N2O5/c1-11(16-19-20-17(25-16)12-5-3-2-4-6-12)24-18(21)13-7-8-14-15(9-13)23-10-22-14/h2-9,11H,10H2,1H3/t11-/m1/s1. The molecule has 4 rings (SSSR count). The summed E-state index contributed by atoms with van der Waals surface area (Å²) < 4.78 is 21.5. The lowest BCUT2D eigenvalue weighted by Crippen LogP contribution is -2.09. The molecule has 0 amide bonds. The number of ether oxygens (including phenoxy) is 3. The molecule has 0 spiro atoms. The summed E-state index contributed by atoms with van der Waals surface area (Å²) in [6.45, 7) is 1.82. The van der Waals surface area contributed by atoms with E-state index in [-0.39, 0.29) is 12.7 Å². The first-order chi connectivity index (χ1) is 12.2. The summed E-state index contributed by atoms with van der Waals surface area (Å²) in [6.07, 6.45) is -0.678. The van der Waals surface area contributed by atoms with E-state index < -0.39 is 12.1 Å². The van der Waals surface area contributed by atoms with E-state index in [4.69, 9.17) is 18.6 Å². The summed E-state index contributed by atoms with van der Waals surface area (Å²) in [6, 6.07) is 14.2. The van der Waals surface area contributed by atoms with E-state index in [9.17, 15) is 4.79 Å². The molecule has 7 nitrogen and oxygen atoms in total. The average molecular weight is 338 g/mol. The highest BCUT2D eigenvalue weighted by Gasteiger charge is 2.22. The topological polar surface area (TPSA) is 83.7 Å². The van der Waals surface area contributed by atoms with Gasteiger partial charge in [0.2, 0.25) is 12.7 Å². The van der Waals surface area contributed by atoms with E-state index in [0.29, 0.717) is 23.0 Å². The zero-order chi connectivity index (χ0) is 17.2. The minimum atomic E-state index is -0.678. The Labute approximate surface area is 143 Å². The lowest BCUT2D eigenvalue weighted by molar-refractivity contribution is 0.0279. The third-order valence-electron chi connectivity index (χ3n) is 3.70. The van der Waals surface area contributed by atoms with Gasteiger partial charge in [-0.2, -0.15) is 0 Å². The third-order valence-corrected chi connectivity index (χ3v) is 3.70. The summed E-state index contributed by atoms with van der Waals surface area (Å²) in [5.74, 6) is 1.22. The number of esters is 1. The zero-order valence-corrected chi connectivity index (χ0v) is 13.3. The highest BCUT2D eigenvalue weighted by molar-refractivity contribution is 5.90. The molecule has 25 heavy (non-hydrogen) atoms. The van der Waals surface area contributed by atoms with Gasteiger partial charge >= 0.3 is 5.97 Å². The molecule has 126 valence electrons. The van der Waals surface area contributed by atoms with Crippen molar-refractivity contribution in [2.45, 2.75) is 13.0 Å². The highest BCUT2D eigenvalue weighted by atomic mass is 16.7. The maximum Gasteiger partial charge on any atom is 0.339 e. The van der Waals surface area contributed by atoms with E-state index in [2.05, 4.69) is 10.2 Å². The van der Waals surface area contributed by atoms with Crippen LogP contribution in [0.2, 0.25) is 0 Å². The van der Waals surface area contributed by atoms with Crippen LogP contribution in [-0.2, 0) is 4.74 Å². The van der Waals surface area contributed by atoms with Gasteiger partial charge in [0, 0.05) is 5.56 Å². The molecule has 0 saturated heterocycles. The van der Waals surface area contributed by atoms with Gasteiger partial charge in [0.1, 0.15) is 0 Å². The van der Waals surface area contributed by atoms with Crippen LogP contribution in [0.25, 0.3) is 11.5 Å². The predicted octanol–water partition coefficient (Wildman–Crippen LogP) is 3.38. The second-order valence-corrected chi connectivity index (χ2v) is 5.43. The highest BCUT2D eigenvalue weighted by Crippen LogP contribution is 2.33. The average Bonchev–Trinajstić information content (AvgIpc) is 3.31. The fourth-order valence-electron chi connectivity index (χ4n) is 2.40. The van der Waals surface area contributed by atoms with Crippen LogP contribution in [0, 0.1) is 0 Å². The van der Waals surface area contributed by atoms with Gasteiger partial charge in [-0.3, -0.25) is 0 Å². The Bertz CT molecular complexity index is 907. The molecule has 0 fully saturated rings. The molecule has 3 aromatic rings. The number of hydrogen-bond donors (Lipinski definition) is 0. The molecule has 0 N–H and O–H groups in total. The van der Waals surface area contributed by atoms with Gasteiger partial charge < -0.3 is 18.6 Å². The Morgan fingerprint density at radius 3 is 2.72 bits per heavy atom. The van der Waals surface area contributed by atoms with Crippen molar-refractivity contribution >= 4 is 5.97 Å². The Morgan fingerprint density at radius 1 is 1.08 bits per heavy atom. The Hall–Kier alpha value is -3.35. The van der Waals surface area contributed by atoms with Crippen LogP contribution >= 0.6 is 0 Å². The van der Waals surface area contributed by atoms with Crippen LogP contribution in [0.4, 0.5) is 0 Å². The first-order valence-electron chi connectivity index (χ1n) is 7.70. The molecule has 1 atom stereocenters. The van der Waals surface area contributed by atoms with Crippen molar-refractivity contribution in [3.63, 3.8) is 0 Å². The van der Waals surface area contributed by atoms with Crippen molar-refractivity contribution < 1.29 is 23.4 Å². The van der Waals surface area contributed by atoms with Crippen LogP contribution in [0.15, 0.2) is 52.9 Å². The number of hydrogen-bond acceptors (Lipinski definition) is 7. The number of carbonyl (C=O) groups is 1. The van der Waals surface area contributed by atoms with Crippen molar-refractivity contribution in [3.05, 3.63) is 60.0 Å². The number of rotatable bonds is 4. The van der Waals surface area contributed by atoms with E-state index in [0.717, 1.165) is 5.56 Å². The maximum atomic E-state index is 12.3. The quantitative estimate of drug-likeness (QED) is 0.674. The molecule has 0 aliphatic carbocycles. The molecular formula is C18H14N2O5. The Kier molecular flexibility index (Phi) is 3.81. The SMILES string of the molecule is C[C@@H](OC(=O)c1ccc2c(c1)OCO2)c1nnc(-c2ccccc2)o1. The lowest BCUT2D eigenvalue weighted by Gasteiger charge is -2.09. The van der Waals surface area contributed by atoms with E-state index in [1.54, 1.807) is 25.1 Å². The monoisotopic (exact) mass is 338 g/mol. The normalized spacial score (nSPS) is 13.5. The molecule has 7 heteroatoms. The van der Waals surface area contributed by atoms with Crippen molar-refractivity contribution in [2.75, 3.05) is 6.79 Å². The molecule has 0 saturated carbocycles. The lowest BCUT2D eigenvalue weighted by atomic mass is 10.2. The van der Waals surface area contributed by atoms with E-state index in [1.165, 1.54) is 0 Å². The molecular weight excluding hydrogens is 324 g/mol. The molecule has 2 aromatic carbocycles. The maximum absolute atomic E-state index is 12.3. The minimum Gasteiger partial charge on any atom is -0.454 e. The van der Waals surface area contributed by atoms with Gasteiger partial charge in [-0.25, -0.2) is 4.79 Å². The van der Waals surface area contributed by atoms with E-state index >= 15 is 0 Å². The minimum absolute atomic E-state index is 0.147. The van der Waals surface area contributed by atoms with Crippen molar-refractivity contribution in [1.82, 2.24) is 10.2 Å². The molecule has 0 unspecified atom stereocenters. The smallest absolute Gasteiger partial charge is 0.339 e. The molecule has 2 heterocycles. The van der Waals surface area contributed by atoms with Gasteiger partial charge in [0.15, 0.2) is 17.6 Å². The molecule has 1 aromatic heterocycles. The predicted molar refractivity (Wildman–Crippen MR) is 86.1 cm³/mol. The van der Waals surface area contributed by atoms with Crippen LogP contribution < -0.4 is 9.47 Å². The number of nitrogens with zero attached hydrogens (tertiary/aromatic N) is 2. The summed E-state index contributed by atoms with van der Waals surface area (Å²) >= 11 is 0. The van der Waals surface area contributed by atoms with Gasteiger partial charge in [-0.1, -0.05) is 18.2 Å². The molecule has 0 radical (unpaired) electrons. The Balaban J connectivity index is 1.47. The van der Waals surface area contributed by atoms with Crippen molar-refractivity contribution in [1.29, 1.82) is 0 Å². The van der Waals surface area contributed by atoms with Gasteiger partial charge in [0.05, 0.1) is 5.56 Å². The van der Waals surface area contributed by atoms with E-state index in [1.807, 2.05) is 30.3 Å². The summed E-state index contributed by atoms with van der Waals surface area (Å²) in [4.78, 5) is 12.3. The van der Waals surface area contributed by atoms with Gasteiger partial charge in [-0.15, -0.1) is 10.2 Å². The molecule has 1 aliphatic rings. The van der Waals surface area contributed by atoms with Crippen LogP contribution in [0.5, 0.6) is 11.5 Å². The number of aromatic nitrogens is 2. The third kappa shape index (κ3) is 3.03. The summed E-state index contributed by atoms with van der Waals surface area (Å²) in [5.41, 5.74) is 1.16. The zero-order valence-electron chi connectivity index (χ0n) is 13.3. The fraction of sp³-hybridized carbons (Fsp3) is 0.167. The van der Waals surface area contributed by atoms with Crippen molar-refractivity contribution in [2.24, 2.45) is 0 Å². The second-order valence-electron chi connectivity index (χ2n) is 5.43. The Morgan fingerprint density at radius 2 is 1.88 bits per heavy atom. The summed E-state index contributed by atoms with van der Waals surface area (Å²) in [7, 11) is 0. The number of benzene rings is 2. The van der Waals surface area contributed by atoms with Crippen LogP contribution in [-0.4, -0.2) is 23.0 Å². The van der Waals surface area contributed by atoms with Crippen molar-refractivity contribution in [3.8, 4) is 23.0 Å². The second kappa shape index (κ2) is 6.27. The van der Waals surface area contributed by atoms with Crippen LogP contribution in [0.1, 0.15) is 29.3 Å². The first kappa shape index (κ1) is 15.2.